The number of nitrogens with two attached hydrogens (primary N) is 2. The van der Waals surface area contributed by atoms with E-state index in [2.05, 4.69) is 28.9 Å². The largest absolute Gasteiger partial charge is 0.383 e. The summed E-state index contributed by atoms with van der Waals surface area (Å²) in [7, 11) is 0. The number of rotatable bonds is 4. The first-order valence-electron chi connectivity index (χ1n) is 8.95. The van der Waals surface area contributed by atoms with Crippen molar-refractivity contribution in [2.75, 3.05) is 25.4 Å². The van der Waals surface area contributed by atoms with Crippen LogP contribution in [0.1, 0.15) is 25.3 Å². The quantitative estimate of drug-likeness (QED) is 0.878. The normalized spacial score (nSPS) is 21.8. The average Bonchev–Trinajstić information content (AvgIpc) is 2.76. The van der Waals surface area contributed by atoms with Crippen LogP contribution in [-0.2, 0) is 6.42 Å². The van der Waals surface area contributed by atoms with E-state index in [1.54, 1.807) is 12.3 Å². The van der Waals surface area contributed by atoms with Gasteiger partial charge >= 0.3 is 5.69 Å². The van der Waals surface area contributed by atoms with E-state index in [9.17, 15) is 4.79 Å². The number of nitrogen functional groups attached to an aromatic ring is 1. The average molecular weight is 341 g/mol. The molecule has 2 aromatic rings. The molecule has 0 spiro atoms. The Hall–Kier alpha value is -2.18. The summed E-state index contributed by atoms with van der Waals surface area (Å²) in [5.74, 6) is 0.848. The molecule has 4 N–H and O–H groups in total. The fourth-order valence-electron chi connectivity index (χ4n) is 3.28. The molecular weight excluding hydrogens is 314 g/mol. The molecule has 1 aromatic carbocycles. The molecule has 1 unspecified atom stereocenters. The van der Waals surface area contributed by atoms with Gasteiger partial charge in [-0.3, -0.25) is 4.57 Å². The first-order valence-corrected chi connectivity index (χ1v) is 8.95. The second-order valence-corrected chi connectivity index (χ2v) is 6.98. The van der Waals surface area contributed by atoms with Gasteiger partial charge < -0.3 is 16.4 Å². The molecule has 2 atom stereocenters. The van der Waals surface area contributed by atoms with Gasteiger partial charge in [0.1, 0.15) is 5.82 Å². The first-order chi connectivity index (χ1) is 12.0. The van der Waals surface area contributed by atoms with Crippen molar-refractivity contribution >= 4 is 5.82 Å². The number of nitrogens with zero attached hydrogens (tertiary/aromatic N) is 3. The van der Waals surface area contributed by atoms with Gasteiger partial charge in [0.25, 0.3) is 0 Å². The van der Waals surface area contributed by atoms with Crippen molar-refractivity contribution in [2.24, 2.45) is 11.7 Å². The maximum absolute atomic E-state index is 11.9. The minimum atomic E-state index is -0.359. The first kappa shape index (κ1) is 17.6. The number of benzene rings is 1. The van der Waals surface area contributed by atoms with Gasteiger partial charge in [-0.15, -0.1) is 0 Å². The summed E-state index contributed by atoms with van der Waals surface area (Å²) in [5, 5.41) is 0. The van der Waals surface area contributed by atoms with E-state index >= 15 is 0 Å². The lowest BCUT2D eigenvalue weighted by atomic mass is 9.98. The van der Waals surface area contributed by atoms with E-state index in [4.69, 9.17) is 11.5 Å². The van der Waals surface area contributed by atoms with E-state index in [1.165, 1.54) is 16.6 Å². The van der Waals surface area contributed by atoms with E-state index < -0.39 is 0 Å². The maximum Gasteiger partial charge on any atom is 0.354 e. The van der Waals surface area contributed by atoms with Gasteiger partial charge in [0, 0.05) is 18.8 Å². The molecule has 1 aliphatic heterocycles. The van der Waals surface area contributed by atoms with Crippen LogP contribution >= 0.6 is 0 Å². The highest BCUT2D eigenvalue weighted by atomic mass is 16.1. The monoisotopic (exact) mass is 341 g/mol. The molecule has 0 radical (unpaired) electrons. The van der Waals surface area contributed by atoms with Gasteiger partial charge in [0.05, 0.1) is 5.69 Å². The molecule has 0 bridgehead atoms. The molecule has 0 amide bonds. The Labute approximate surface area is 148 Å². The molecule has 1 fully saturated rings. The molecule has 6 nitrogen and oxygen atoms in total. The number of likely N-dealkylation sites (tertiary alicyclic amines) is 1. The second kappa shape index (κ2) is 7.80. The van der Waals surface area contributed by atoms with E-state index in [1.807, 2.05) is 12.1 Å². The highest BCUT2D eigenvalue weighted by molar-refractivity contribution is 5.36. The number of hydrogen-bond donors (Lipinski definition) is 2. The molecule has 2 heterocycles. The minimum absolute atomic E-state index is 0.240. The molecule has 6 heteroatoms. The van der Waals surface area contributed by atoms with E-state index in [-0.39, 0.29) is 11.5 Å². The summed E-state index contributed by atoms with van der Waals surface area (Å²) >= 11 is 0. The summed E-state index contributed by atoms with van der Waals surface area (Å²) in [4.78, 5) is 18.2. The Balaban J connectivity index is 1.60. The van der Waals surface area contributed by atoms with Crippen LogP contribution in [0.4, 0.5) is 5.82 Å². The third kappa shape index (κ3) is 4.46. The van der Waals surface area contributed by atoms with Crippen molar-refractivity contribution in [3.05, 3.63) is 52.6 Å². The standard InChI is InChI=1S/C19H27N5O/c1-14-6-10-23(12-8-17(14)20)11-7-15-2-4-16(5-3-15)24-13-9-18(21)22-19(24)25/h2-5,9,13-14,17H,6-8,10-12,20H2,1H3,(H2,21,22,25)/t14?,17-/m1/s1. The van der Waals surface area contributed by atoms with Crippen molar-refractivity contribution < 1.29 is 0 Å². The molecule has 1 aromatic heterocycles. The van der Waals surface area contributed by atoms with Crippen LogP contribution in [0.15, 0.2) is 41.3 Å². The van der Waals surface area contributed by atoms with Gasteiger partial charge in [-0.05, 0) is 62.0 Å². The van der Waals surface area contributed by atoms with Crippen molar-refractivity contribution in [2.45, 2.75) is 32.2 Å². The summed E-state index contributed by atoms with van der Waals surface area (Å²) in [5.41, 5.74) is 13.4. The maximum atomic E-state index is 11.9. The second-order valence-electron chi connectivity index (χ2n) is 6.98. The minimum Gasteiger partial charge on any atom is -0.383 e. The van der Waals surface area contributed by atoms with Crippen LogP contribution in [0, 0.1) is 5.92 Å². The lowest BCUT2D eigenvalue weighted by Gasteiger charge is -2.19. The van der Waals surface area contributed by atoms with Crippen LogP contribution < -0.4 is 17.2 Å². The SMILES string of the molecule is CC1CCN(CCc2ccc(-n3ccc(N)nc3=O)cc2)CC[C@H]1N. The fraction of sp³-hybridized carbons (Fsp3) is 0.474. The third-order valence-corrected chi connectivity index (χ3v) is 5.17. The molecular formula is C19H27N5O. The Morgan fingerprint density at radius 1 is 1.16 bits per heavy atom. The van der Waals surface area contributed by atoms with Crippen molar-refractivity contribution in [3.8, 4) is 5.69 Å². The Morgan fingerprint density at radius 3 is 2.60 bits per heavy atom. The zero-order valence-electron chi connectivity index (χ0n) is 14.8. The van der Waals surface area contributed by atoms with Crippen molar-refractivity contribution in [1.29, 1.82) is 0 Å². The molecule has 25 heavy (non-hydrogen) atoms. The van der Waals surface area contributed by atoms with Crippen LogP contribution in [0.3, 0.4) is 0 Å². The lowest BCUT2D eigenvalue weighted by Crippen LogP contribution is -2.29. The predicted octanol–water partition coefficient (Wildman–Crippen LogP) is 1.42. The van der Waals surface area contributed by atoms with Crippen molar-refractivity contribution in [1.82, 2.24) is 14.5 Å². The zero-order chi connectivity index (χ0) is 17.8. The highest BCUT2D eigenvalue weighted by Crippen LogP contribution is 2.16. The molecule has 0 saturated carbocycles. The van der Waals surface area contributed by atoms with Gasteiger partial charge in [0.15, 0.2) is 0 Å². The van der Waals surface area contributed by atoms with Gasteiger partial charge in [-0.2, -0.15) is 4.98 Å². The molecule has 134 valence electrons. The number of anilines is 1. The highest BCUT2D eigenvalue weighted by Gasteiger charge is 2.19. The van der Waals surface area contributed by atoms with E-state index in [0.717, 1.165) is 38.2 Å². The smallest absolute Gasteiger partial charge is 0.354 e. The summed E-state index contributed by atoms with van der Waals surface area (Å²) in [6.07, 6.45) is 4.90. The summed E-state index contributed by atoms with van der Waals surface area (Å²) in [6.45, 7) is 5.50. The van der Waals surface area contributed by atoms with Crippen LogP contribution in [0.2, 0.25) is 0 Å². The summed E-state index contributed by atoms with van der Waals surface area (Å²) in [6, 6.07) is 10.0. The Morgan fingerprint density at radius 2 is 1.88 bits per heavy atom. The lowest BCUT2D eigenvalue weighted by molar-refractivity contribution is 0.285. The van der Waals surface area contributed by atoms with Crippen molar-refractivity contribution in [3.63, 3.8) is 0 Å². The molecule has 1 aliphatic rings. The Kier molecular flexibility index (Phi) is 5.50. The predicted molar refractivity (Wildman–Crippen MR) is 101 cm³/mol. The van der Waals surface area contributed by atoms with Crippen LogP contribution in [-0.4, -0.2) is 40.1 Å². The van der Waals surface area contributed by atoms with Gasteiger partial charge in [0.2, 0.25) is 0 Å². The molecule has 3 rings (SSSR count). The number of hydrogen-bond acceptors (Lipinski definition) is 5. The van der Waals surface area contributed by atoms with E-state index in [0.29, 0.717) is 12.0 Å². The Bertz CT molecular complexity index is 743. The molecule has 0 aliphatic carbocycles. The van der Waals surface area contributed by atoms with Crippen LogP contribution in [0.25, 0.3) is 5.69 Å². The fourth-order valence-corrected chi connectivity index (χ4v) is 3.28. The summed E-state index contributed by atoms with van der Waals surface area (Å²) < 4.78 is 1.50. The van der Waals surface area contributed by atoms with Gasteiger partial charge in [-0.25, -0.2) is 4.79 Å². The van der Waals surface area contributed by atoms with Crippen LogP contribution in [0.5, 0.6) is 0 Å². The number of aromatic nitrogens is 2. The zero-order valence-corrected chi connectivity index (χ0v) is 14.8. The third-order valence-electron chi connectivity index (χ3n) is 5.17. The van der Waals surface area contributed by atoms with Gasteiger partial charge in [-0.1, -0.05) is 19.1 Å². The molecule has 1 saturated heterocycles. The topological polar surface area (TPSA) is 90.2 Å².